The molecule has 12 nitrogen and oxygen atoms in total. The second-order valence-electron chi connectivity index (χ2n) is 15.1. The lowest BCUT2D eigenvalue weighted by molar-refractivity contribution is -0.270. The van der Waals surface area contributed by atoms with E-state index in [-0.39, 0.29) is 60.6 Å². The van der Waals surface area contributed by atoms with E-state index in [1.54, 1.807) is 41.3 Å². The van der Waals surface area contributed by atoms with Crippen LogP contribution < -0.4 is 5.32 Å². The Morgan fingerprint density at radius 1 is 0.920 bits per heavy atom. The van der Waals surface area contributed by atoms with Crippen LogP contribution in [-0.2, 0) is 36.8 Å². The summed E-state index contributed by atoms with van der Waals surface area (Å²) < 4.78 is 5.72. The first kappa shape index (κ1) is 36.9. The summed E-state index contributed by atoms with van der Waals surface area (Å²) in [5.41, 5.74) is 0.413. The molecule has 0 bridgehead atoms. The molecule has 0 radical (unpaired) electrons. The van der Waals surface area contributed by atoms with Crippen LogP contribution in [0.15, 0.2) is 48.5 Å². The molecular weight excluding hydrogens is 640 g/mol. The summed E-state index contributed by atoms with van der Waals surface area (Å²) in [4.78, 5) is 66.3. The Balaban J connectivity index is 1.51. The highest BCUT2D eigenvalue weighted by Gasteiger charge is 2.69. The van der Waals surface area contributed by atoms with E-state index >= 15 is 0 Å². The van der Waals surface area contributed by atoms with Crippen molar-refractivity contribution in [3.05, 3.63) is 59.7 Å². The highest BCUT2D eigenvalue weighted by Crippen LogP contribution is 2.54. The molecule has 1 saturated carbocycles. The molecule has 272 valence electrons. The summed E-state index contributed by atoms with van der Waals surface area (Å²) in [5, 5.41) is 23.8. The Kier molecular flexibility index (Phi) is 11.3. The predicted molar refractivity (Wildman–Crippen MR) is 185 cm³/mol. The highest BCUT2D eigenvalue weighted by atomic mass is 16.7. The summed E-state index contributed by atoms with van der Waals surface area (Å²) in [6, 6.07) is 12.0. The van der Waals surface area contributed by atoms with Crippen LogP contribution >= 0.6 is 0 Å². The number of hydroxylamine groups is 2. The maximum absolute atomic E-state index is 14.8. The Morgan fingerprint density at radius 3 is 2.10 bits per heavy atom. The molecule has 12 heteroatoms. The van der Waals surface area contributed by atoms with Crippen molar-refractivity contribution in [2.24, 2.45) is 23.7 Å². The number of nitrogens with one attached hydrogen (secondary N) is 1. The normalized spacial score (nSPS) is 24.9. The number of ether oxygens (including phenoxy) is 1. The molecule has 2 aliphatic heterocycles. The molecule has 0 aromatic heterocycles. The van der Waals surface area contributed by atoms with Crippen LogP contribution in [0.5, 0.6) is 11.5 Å². The summed E-state index contributed by atoms with van der Waals surface area (Å²) in [5.74, 6) is -0.409. The molecule has 3 aliphatic rings. The quantitative estimate of drug-likeness (QED) is 0.275. The zero-order valence-corrected chi connectivity index (χ0v) is 30.0. The molecule has 5 atom stereocenters. The standard InChI is InChI=1S/C38H52N4O8/c1-23(2)15-17-39-36(47)38(21-30(38)25(5)6)40-22-33-41(31(34(40)45)20-27-9-13-29(44)14-10-27)35(46)32(19-24(3)4)50-42(33)37(48)49-18-16-26-7-11-28(43)12-8-26/h7-14,23-25,30-33,43-44H,15-22H2,1-6H3,(H,39,47)/t30?,31-,32+,33?,38?/m0/s1. The number of hydrogen-bond acceptors (Lipinski definition) is 8. The molecule has 4 amide bonds. The van der Waals surface area contributed by atoms with Crippen molar-refractivity contribution in [3.63, 3.8) is 0 Å². The van der Waals surface area contributed by atoms with Crippen LogP contribution in [0.2, 0.25) is 0 Å². The van der Waals surface area contributed by atoms with Crippen LogP contribution in [-0.4, -0.2) is 92.4 Å². The van der Waals surface area contributed by atoms with E-state index in [1.165, 1.54) is 17.0 Å². The van der Waals surface area contributed by atoms with Gasteiger partial charge in [-0.15, -0.1) is 0 Å². The van der Waals surface area contributed by atoms with Gasteiger partial charge in [0.15, 0.2) is 12.3 Å². The van der Waals surface area contributed by atoms with Gasteiger partial charge in [0.25, 0.3) is 5.91 Å². The van der Waals surface area contributed by atoms with E-state index in [0.29, 0.717) is 37.3 Å². The summed E-state index contributed by atoms with van der Waals surface area (Å²) in [6.45, 7) is 12.5. The Hall–Kier alpha value is -4.32. The number of nitrogens with zero attached hydrogens (tertiary/aromatic N) is 3. The number of benzene rings is 2. The minimum Gasteiger partial charge on any atom is -0.508 e. The van der Waals surface area contributed by atoms with Gasteiger partial charge in [-0.3, -0.25) is 19.2 Å². The largest absolute Gasteiger partial charge is 0.508 e. The molecule has 2 saturated heterocycles. The smallest absolute Gasteiger partial charge is 0.436 e. The number of phenols is 2. The number of amides is 4. The van der Waals surface area contributed by atoms with Crippen molar-refractivity contribution < 1.29 is 39.0 Å². The molecule has 3 unspecified atom stereocenters. The third-order valence-electron chi connectivity index (χ3n) is 10.0. The Bertz CT molecular complexity index is 1530. The van der Waals surface area contributed by atoms with Gasteiger partial charge in [-0.1, -0.05) is 65.8 Å². The van der Waals surface area contributed by atoms with Gasteiger partial charge in [-0.25, -0.2) is 4.79 Å². The number of piperazine rings is 1. The van der Waals surface area contributed by atoms with Gasteiger partial charge in [-0.05, 0) is 78.3 Å². The average Bonchev–Trinajstić information content (AvgIpc) is 3.82. The van der Waals surface area contributed by atoms with Crippen LogP contribution in [0.1, 0.15) is 71.9 Å². The van der Waals surface area contributed by atoms with Crippen LogP contribution in [0, 0.1) is 23.7 Å². The van der Waals surface area contributed by atoms with Gasteiger partial charge in [0, 0.05) is 19.4 Å². The van der Waals surface area contributed by atoms with Gasteiger partial charge in [-0.2, -0.15) is 5.06 Å². The third kappa shape index (κ3) is 7.85. The predicted octanol–water partition coefficient (Wildman–Crippen LogP) is 4.62. The van der Waals surface area contributed by atoms with Crippen molar-refractivity contribution in [1.29, 1.82) is 0 Å². The summed E-state index contributed by atoms with van der Waals surface area (Å²) in [7, 11) is 0. The van der Waals surface area contributed by atoms with Crippen molar-refractivity contribution in [2.45, 2.75) is 97.5 Å². The Labute approximate surface area is 294 Å². The molecular formula is C38H52N4O8. The van der Waals surface area contributed by atoms with Crippen LogP contribution in [0.4, 0.5) is 4.79 Å². The number of fused-ring (bicyclic) bond motifs is 1. The molecule has 5 rings (SSSR count). The minimum absolute atomic E-state index is 0.0101. The molecule has 3 fully saturated rings. The minimum atomic E-state index is -1.15. The first-order valence-corrected chi connectivity index (χ1v) is 17.8. The van der Waals surface area contributed by atoms with Gasteiger partial charge in [0.05, 0.1) is 13.2 Å². The fraction of sp³-hybridized carbons (Fsp3) is 0.579. The lowest BCUT2D eigenvalue weighted by Crippen LogP contribution is -2.76. The first-order valence-electron chi connectivity index (χ1n) is 17.8. The van der Waals surface area contributed by atoms with E-state index in [4.69, 9.17) is 9.57 Å². The number of aromatic hydroxyl groups is 2. The fourth-order valence-corrected chi connectivity index (χ4v) is 7.26. The van der Waals surface area contributed by atoms with Crippen molar-refractivity contribution in [2.75, 3.05) is 19.7 Å². The number of hydrogen-bond donors (Lipinski definition) is 3. The summed E-state index contributed by atoms with van der Waals surface area (Å²) in [6.07, 6.45) is -0.851. The molecule has 3 N–H and O–H groups in total. The zero-order valence-electron chi connectivity index (χ0n) is 30.0. The highest BCUT2D eigenvalue weighted by molar-refractivity contribution is 5.99. The average molecular weight is 693 g/mol. The van der Waals surface area contributed by atoms with E-state index in [0.717, 1.165) is 17.0 Å². The lowest BCUT2D eigenvalue weighted by Gasteiger charge is -2.54. The zero-order chi connectivity index (χ0) is 36.3. The fourth-order valence-electron chi connectivity index (χ4n) is 7.26. The van der Waals surface area contributed by atoms with Crippen molar-refractivity contribution in [1.82, 2.24) is 20.2 Å². The van der Waals surface area contributed by atoms with Gasteiger partial charge in [0.2, 0.25) is 11.8 Å². The molecule has 2 aromatic carbocycles. The van der Waals surface area contributed by atoms with Gasteiger partial charge < -0.3 is 30.1 Å². The number of phenolic OH excluding ortho intramolecular Hbond substituents is 2. The van der Waals surface area contributed by atoms with E-state index < -0.39 is 35.9 Å². The van der Waals surface area contributed by atoms with Crippen molar-refractivity contribution >= 4 is 23.8 Å². The van der Waals surface area contributed by atoms with Crippen LogP contribution in [0.25, 0.3) is 0 Å². The molecule has 50 heavy (non-hydrogen) atoms. The topological polar surface area (TPSA) is 149 Å². The van der Waals surface area contributed by atoms with Gasteiger partial charge >= 0.3 is 6.09 Å². The van der Waals surface area contributed by atoms with E-state index in [1.807, 2.05) is 27.7 Å². The van der Waals surface area contributed by atoms with Crippen LogP contribution in [0.3, 0.4) is 0 Å². The maximum Gasteiger partial charge on any atom is 0.436 e. The third-order valence-corrected chi connectivity index (χ3v) is 10.0. The monoisotopic (exact) mass is 692 g/mol. The Morgan fingerprint density at radius 2 is 1.54 bits per heavy atom. The molecule has 2 heterocycles. The second kappa shape index (κ2) is 15.3. The van der Waals surface area contributed by atoms with Crippen molar-refractivity contribution in [3.8, 4) is 11.5 Å². The molecule has 0 spiro atoms. The second-order valence-corrected chi connectivity index (χ2v) is 15.1. The summed E-state index contributed by atoms with van der Waals surface area (Å²) >= 11 is 0. The molecule has 2 aromatic rings. The maximum atomic E-state index is 14.8. The first-order chi connectivity index (χ1) is 23.7. The van der Waals surface area contributed by atoms with E-state index in [2.05, 4.69) is 19.2 Å². The SMILES string of the molecule is CC(C)CCNC(=O)C1(N2CC3N(C(=O)OCCc4ccc(O)cc4)O[C@H](CC(C)C)C(=O)N3[C@@H](Cc3ccc(O)cc3)C2=O)CC1C(C)C. The number of carbonyl (C=O) groups excluding carboxylic acids is 4. The number of rotatable bonds is 13. The molecule has 1 aliphatic carbocycles. The van der Waals surface area contributed by atoms with E-state index in [9.17, 15) is 29.4 Å². The number of carbonyl (C=O) groups is 4. The van der Waals surface area contributed by atoms with Gasteiger partial charge in [0.1, 0.15) is 23.1 Å². The lowest BCUT2D eigenvalue weighted by atomic mass is 9.93.